The van der Waals surface area contributed by atoms with Crippen molar-refractivity contribution in [3.05, 3.63) is 61.1 Å². The number of aromatic nitrogens is 2. The standard InChI is InChI=1S/C14H9N2/c1-2-6-12-11(4-1)5-3-7-13(12)14-8-9-15-10-16-14/h1-9H. The van der Waals surface area contributed by atoms with Crippen molar-refractivity contribution in [3.63, 3.8) is 0 Å². The van der Waals surface area contributed by atoms with Gasteiger partial charge in [-0.15, -0.1) is 0 Å². The zero-order valence-electron chi connectivity index (χ0n) is 8.59. The Labute approximate surface area is 93.6 Å². The lowest BCUT2D eigenvalue weighted by molar-refractivity contribution is 1.16. The lowest BCUT2D eigenvalue weighted by atomic mass is 10.0. The quantitative estimate of drug-likeness (QED) is 0.610. The lowest BCUT2D eigenvalue weighted by Crippen LogP contribution is -1.85. The van der Waals surface area contributed by atoms with Crippen LogP contribution in [-0.2, 0) is 0 Å². The lowest BCUT2D eigenvalue weighted by Gasteiger charge is -2.04. The molecule has 2 heteroatoms. The van der Waals surface area contributed by atoms with Crippen LogP contribution in [0.1, 0.15) is 0 Å². The molecule has 0 saturated heterocycles. The molecule has 2 nitrogen and oxygen atoms in total. The number of rotatable bonds is 1. The van der Waals surface area contributed by atoms with Gasteiger partial charge in [-0.3, -0.25) is 0 Å². The number of hydrogen-bond acceptors (Lipinski definition) is 2. The van der Waals surface area contributed by atoms with Crippen molar-refractivity contribution < 1.29 is 0 Å². The van der Waals surface area contributed by atoms with Gasteiger partial charge in [-0.05, 0) is 16.8 Å². The Hall–Kier alpha value is -2.22. The third kappa shape index (κ3) is 1.44. The van der Waals surface area contributed by atoms with Crippen LogP contribution in [0.5, 0.6) is 0 Å². The fourth-order valence-corrected chi connectivity index (χ4v) is 1.86. The summed E-state index contributed by atoms with van der Waals surface area (Å²) >= 11 is 0. The molecule has 1 heterocycles. The average Bonchev–Trinajstić information content (AvgIpc) is 2.39. The van der Waals surface area contributed by atoms with E-state index in [1.165, 1.54) is 10.8 Å². The largest absolute Gasteiger partial charge is 0.234 e. The van der Waals surface area contributed by atoms with Gasteiger partial charge in [-0.25, -0.2) is 9.97 Å². The van der Waals surface area contributed by atoms with Crippen LogP contribution in [-0.4, -0.2) is 9.97 Å². The molecule has 0 unspecified atom stereocenters. The van der Waals surface area contributed by atoms with Gasteiger partial charge in [0, 0.05) is 11.8 Å². The van der Waals surface area contributed by atoms with Gasteiger partial charge in [-0.2, -0.15) is 0 Å². The number of nitrogens with zero attached hydrogens (tertiary/aromatic N) is 2. The Morgan fingerprint density at radius 3 is 2.62 bits per heavy atom. The monoisotopic (exact) mass is 205 g/mol. The van der Waals surface area contributed by atoms with E-state index in [-0.39, 0.29) is 0 Å². The molecule has 2 aromatic carbocycles. The fourth-order valence-electron chi connectivity index (χ4n) is 1.86. The third-order valence-corrected chi connectivity index (χ3v) is 2.60. The molecule has 0 fully saturated rings. The maximum Gasteiger partial charge on any atom is 0.198 e. The first-order valence-corrected chi connectivity index (χ1v) is 5.12. The molecule has 1 radical (unpaired) electrons. The molecule has 0 N–H and O–H groups in total. The van der Waals surface area contributed by atoms with E-state index in [1.54, 1.807) is 6.20 Å². The number of fused-ring (bicyclic) bond motifs is 1. The second kappa shape index (κ2) is 3.74. The molecule has 0 atom stereocenters. The topological polar surface area (TPSA) is 25.8 Å². The predicted octanol–water partition coefficient (Wildman–Crippen LogP) is 3.10. The number of hydrogen-bond donors (Lipinski definition) is 0. The van der Waals surface area contributed by atoms with Crippen LogP contribution in [0.25, 0.3) is 22.0 Å². The van der Waals surface area contributed by atoms with Gasteiger partial charge in [0.05, 0.1) is 5.69 Å². The highest BCUT2D eigenvalue weighted by Crippen LogP contribution is 2.26. The fraction of sp³-hybridized carbons (Fsp3) is 0. The van der Waals surface area contributed by atoms with Gasteiger partial charge in [0.1, 0.15) is 0 Å². The first kappa shape index (κ1) is 9.04. The summed E-state index contributed by atoms with van der Waals surface area (Å²) in [5.41, 5.74) is 2.03. The SMILES string of the molecule is [c]1nccc(-c2cccc3ccccc23)n1. The molecule has 1 aromatic heterocycles. The molecule has 0 bridgehead atoms. The van der Waals surface area contributed by atoms with Crippen LogP contribution in [0.4, 0.5) is 0 Å². The second-order valence-corrected chi connectivity index (χ2v) is 3.57. The first-order chi connectivity index (χ1) is 7.95. The van der Waals surface area contributed by atoms with Crippen LogP contribution in [0.2, 0.25) is 0 Å². The van der Waals surface area contributed by atoms with Crippen LogP contribution >= 0.6 is 0 Å². The first-order valence-electron chi connectivity index (χ1n) is 5.12. The van der Waals surface area contributed by atoms with Gasteiger partial charge >= 0.3 is 0 Å². The molecular formula is C14H9N2. The summed E-state index contributed by atoms with van der Waals surface area (Å²) in [6, 6.07) is 16.4. The van der Waals surface area contributed by atoms with Gasteiger partial charge in [-0.1, -0.05) is 42.5 Å². The number of benzene rings is 2. The summed E-state index contributed by atoms with van der Waals surface area (Å²) < 4.78 is 0. The predicted molar refractivity (Wildman–Crippen MR) is 63.8 cm³/mol. The highest BCUT2D eigenvalue weighted by atomic mass is 14.8. The summed E-state index contributed by atoms with van der Waals surface area (Å²) in [5.74, 6) is 0. The zero-order chi connectivity index (χ0) is 10.8. The van der Waals surface area contributed by atoms with E-state index < -0.39 is 0 Å². The Morgan fingerprint density at radius 2 is 1.75 bits per heavy atom. The van der Waals surface area contributed by atoms with E-state index in [1.807, 2.05) is 24.3 Å². The minimum absolute atomic E-state index is 0.909. The van der Waals surface area contributed by atoms with Crippen molar-refractivity contribution in [1.82, 2.24) is 9.97 Å². The summed E-state index contributed by atoms with van der Waals surface area (Å²) in [6.07, 6.45) is 4.34. The molecule has 3 aromatic rings. The van der Waals surface area contributed by atoms with E-state index in [4.69, 9.17) is 0 Å². The molecule has 0 spiro atoms. The van der Waals surface area contributed by atoms with Crippen molar-refractivity contribution in [2.75, 3.05) is 0 Å². The molecule has 0 saturated carbocycles. The maximum absolute atomic E-state index is 4.16. The van der Waals surface area contributed by atoms with E-state index in [0.29, 0.717) is 0 Å². The van der Waals surface area contributed by atoms with Gasteiger partial charge in [0.2, 0.25) is 0 Å². The maximum atomic E-state index is 4.16. The Balaban J connectivity index is 2.32. The summed E-state index contributed by atoms with van der Waals surface area (Å²) in [4.78, 5) is 7.98. The Morgan fingerprint density at radius 1 is 0.875 bits per heavy atom. The molecule has 0 aliphatic rings. The van der Waals surface area contributed by atoms with Gasteiger partial charge in [0.25, 0.3) is 0 Å². The van der Waals surface area contributed by atoms with Crippen LogP contribution in [0.15, 0.2) is 54.7 Å². The molecule has 16 heavy (non-hydrogen) atoms. The zero-order valence-corrected chi connectivity index (χ0v) is 8.59. The van der Waals surface area contributed by atoms with Gasteiger partial charge in [0.15, 0.2) is 6.33 Å². The van der Waals surface area contributed by atoms with Crippen LogP contribution in [0, 0.1) is 6.33 Å². The third-order valence-electron chi connectivity index (χ3n) is 2.60. The minimum Gasteiger partial charge on any atom is -0.234 e. The average molecular weight is 205 g/mol. The van der Waals surface area contributed by atoms with E-state index in [0.717, 1.165) is 11.3 Å². The molecule has 3 rings (SSSR count). The van der Waals surface area contributed by atoms with E-state index in [9.17, 15) is 0 Å². The van der Waals surface area contributed by atoms with E-state index in [2.05, 4.69) is 40.6 Å². The van der Waals surface area contributed by atoms with Crippen LogP contribution in [0.3, 0.4) is 0 Å². The van der Waals surface area contributed by atoms with Crippen molar-refractivity contribution in [2.45, 2.75) is 0 Å². The molecule has 0 aliphatic heterocycles. The summed E-state index contributed by atoms with van der Waals surface area (Å²) in [6.45, 7) is 0. The summed E-state index contributed by atoms with van der Waals surface area (Å²) in [7, 11) is 0. The molecular weight excluding hydrogens is 196 g/mol. The van der Waals surface area contributed by atoms with E-state index >= 15 is 0 Å². The second-order valence-electron chi connectivity index (χ2n) is 3.57. The van der Waals surface area contributed by atoms with Gasteiger partial charge < -0.3 is 0 Å². The normalized spacial score (nSPS) is 10.5. The molecule has 75 valence electrons. The van der Waals surface area contributed by atoms with Crippen molar-refractivity contribution >= 4 is 10.8 Å². The highest BCUT2D eigenvalue weighted by molar-refractivity contribution is 5.95. The molecule has 0 aliphatic carbocycles. The summed E-state index contributed by atoms with van der Waals surface area (Å²) in [5, 5.41) is 2.43. The van der Waals surface area contributed by atoms with Crippen LogP contribution < -0.4 is 0 Å². The minimum atomic E-state index is 0.909. The van der Waals surface area contributed by atoms with Crippen molar-refractivity contribution in [3.8, 4) is 11.3 Å². The Kier molecular flexibility index (Phi) is 2.11. The van der Waals surface area contributed by atoms with Crippen molar-refractivity contribution in [2.24, 2.45) is 0 Å². The smallest absolute Gasteiger partial charge is 0.198 e. The highest BCUT2D eigenvalue weighted by Gasteiger charge is 2.03. The van der Waals surface area contributed by atoms with Crippen molar-refractivity contribution in [1.29, 1.82) is 0 Å². The Bertz CT molecular complexity index is 612. The molecule has 0 amide bonds.